The molecule has 7 nitrogen and oxygen atoms in total. The number of aromatic nitrogens is 2. The van der Waals surface area contributed by atoms with Gasteiger partial charge in [-0.1, -0.05) is 12.1 Å². The van der Waals surface area contributed by atoms with Crippen molar-refractivity contribution in [1.29, 1.82) is 0 Å². The van der Waals surface area contributed by atoms with Crippen LogP contribution in [0.25, 0.3) is 11.0 Å². The van der Waals surface area contributed by atoms with Crippen molar-refractivity contribution in [3.8, 4) is 0 Å². The Morgan fingerprint density at radius 3 is 2.79 bits per heavy atom. The summed E-state index contributed by atoms with van der Waals surface area (Å²) in [6.07, 6.45) is 2.04. The SMILES string of the molecule is CCn1c([C@H](C)NC(=O)CNC(=O)NC2CC2)nc2ccccc21. The normalized spacial score (nSPS) is 15.1. The molecule has 3 amide bonds. The summed E-state index contributed by atoms with van der Waals surface area (Å²) in [6, 6.07) is 7.66. The minimum absolute atomic E-state index is 0.0464. The van der Waals surface area contributed by atoms with Crippen molar-refractivity contribution >= 4 is 23.0 Å². The van der Waals surface area contributed by atoms with E-state index in [4.69, 9.17) is 0 Å². The highest BCUT2D eigenvalue weighted by Crippen LogP contribution is 2.20. The summed E-state index contributed by atoms with van der Waals surface area (Å²) in [5.74, 6) is 0.581. The number of imidazole rings is 1. The molecule has 1 atom stereocenters. The second kappa shape index (κ2) is 6.90. The van der Waals surface area contributed by atoms with Crippen LogP contribution in [-0.4, -0.2) is 34.1 Å². The van der Waals surface area contributed by atoms with E-state index in [9.17, 15) is 9.59 Å². The first-order valence-corrected chi connectivity index (χ1v) is 8.37. The van der Waals surface area contributed by atoms with Crippen LogP contribution in [0.15, 0.2) is 24.3 Å². The molecule has 7 heteroatoms. The van der Waals surface area contributed by atoms with E-state index in [1.807, 2.05) is 31.2 Å². The van der Waals surface area contributed by atoms with Crippen molar-refractivity contribution in [2.24, 2.45) is 0 Å². The average molecular weight is 329 g/mol. The zero-order chi connectivity index (χ0) is 17.1. The minimum atomic E-state index is -0.291. The summed E-state index contributed by atoms with van der Waals surface area (Å²) in [7, 11) is 0. The molecule has 0 bridgehead atoms. The molecular weight excluding hydrogens is 306 g/mol. The topological polar surface area (TPSA) is 88.0 Å². The molecule has 1 saturated carbocycles. The first-order valence-electron chi connectivity index (χ1n) is 8.37. The van der Waals surface area contributed by atoms with E-state index in [0.717, 1.165) is 36.2 Å². The van der Waals surface area contributed by atoms with Crippen LogP contribution >= 0.6 is 0 Å². The van der Waals surface area contributed by atoms with Crippen LogP contribution in [0, 0.1) is 0 Å². The van der Waals surface area contributed by atoms with Gasteiger partial charge in [-0.2, -0.15) is 0 Å². The molecule has 0 aliphatic heterocycles. The monoisotopic (exact) mass is 329 g/mol. The van der Waals surface area contributed by atoms with Gasteiger partial charge in [0, 0.05) is 12.6 Å². The molecule has 0 spiro atoms. The van der Waals surface area contributed by atoms with Crippen LogP contribution in [0.2, 0.25) is 0 Å². The Morgan fingerprint density at radius 1 is 1.33 bits per heavy atom. The Kier molecular flexibility index (Phi) is 4.69. The average Bonchev–Trinajstić information content (AvgIpc) is 3.29. The summed E-state index contributed by atoms with van der Waals surface area (Å²) in [4.78, 5) is 28.2. The van der Waals surface area contributed by atoms with Gasteiger partial charge in [0.2, 0.25) is 5.91 Å². The van der Waals surface area contributed by atoms with Gasteiger partial charge in [0.1, 0.15) is 5.82 Å². The maximum Gasteiger partial charge on any atom is 0.315 e. The second-order valence-electron chi connectivity index (χ2n) is 6.09. The molecule has 3 N–H and O–H groups in total. The van der Waals surface area contributed by atoms with Crippen LogP contribution in [0.1, 0.15) is 38.6 Å². The Balaban J connectivity index is 1.60. The van der Waals surface area contributed by atoms with Gasteiger partial charge >= 0.3 is 6.03 Å². The Bertz CT molecular complexity index is 751. The molecule has 2 aromatic rings. The number of carbonyl (C=O) groups is 2. The lowest BCUT2D eigenvalue weighted by atomic mass is 10.3. The van der Waals surface area contributed by atoms with Crippen molar-refractivity contribution < 1.29 is 9.59 Å². The second-order valence-corrected chi connectivity index (χ2v) is 6.09. The Morgan fingerprint density at radius 2 is 2.08 bits per heavy atom. The molecule has 0 saturated heterocycles. The zero-order valence-electron chi connectivity index (χ0n) is 14.0. The zero-order valence-corrected chi connectivity index (χ0v) is 14.0. The highest BCUT2D eigenvalue weighted by Gasteiger charge is 2.23. The van der Waals surface area contributed by atoms with Crippen LogP contribution in [-0.2, 0) is 11.3 Å². The van der Waals surface area contributed by atoms with Crippen molar-refractivity contribution in [1.82, 2.24) is 25.5 Å². The first kappa shape index (κ1) is 16.3. The van der Waals surface area contributed by atoms with Crippen molar-refractivity contribution in [2.75, 3.05) is 6.54 Å². The standard InChI is InChI=1S/C17H23N5O2/c1-3-22-14-7-5-4-6-13(14)21-16(22)11(2)19-15(23)10-18-17(24)20-12-8-9-12/h4-7,11-12H,3,8-10H2,1-2H3,(H,19,23)(H2,18,20,24)/t11-/m0/s1. The van der Waals surface area contributed by atoms with Crippen molar-refractivity contribution in [3.05, 3.63) is 30.1 Å². The maximum absolute atomic E-state index is 12.1. The third-order valence-corrected chi connectivity index (χ3v) is 4.09. The fourth-order valence-corrected chi connectivity index (χ4v) is 2.74. The van der Waals surface area contributed by atoms with Gasteiger partial charge in [-0.25, -0.2) is 9.78 Å². The number of nitrogens with zero attached hydrogens (tertiary/aromatic N) is 2. The molecule has 1 aromatic heterocycles. The summed E-state index contributed by atoms with van der Waals surface area (Å²) in [6.45, 7) is 4.68. The van der Waals surface area contributed by atoms with Crippen LogP contribution in [0.5, 0.6) is 0 Å². The maximum atomic E-state index is 12.1. The van der Waals surface area contributed by atoms with Gasteiger partial charge in [0.05, 0.1) is 23.6 Å². The number of hydrogen-bond donors (Lipinski definition) is 3. The smallest absolute Gasteiger partial charge is 0.315 e. The number of para-hydroxylation sites is 2. The lowest BCUT2D eigenvalue weighted by Gasteiger charge is -2.15. The molecule has 0 radical (unpaired) electrons. The van der Waals surface area contributed by atoms with Gasteiger partial charge < -0.3 is 20.5 Å². The summed E-state index contributed by atoms with van der Waals surface area (Å²) < 4.78 is 2.09. The predicted molar refractivity (Wildman–Crippen MR) is 91.5 cm³/mol. The lowest BCUT2D eigenvalue weighted by molar-refractivity contribution is -0.120. The van der Waals surface area contributed by atoms with Crippen molar-refractivity contribution in [3.63, 3.8) is 0 Å². The molecule has 1 aromatic carbocycles. The van der Waals surface area contributed by atoms with Gasteiger partial charge in [-0.15, -0.1) is 0 Å². The number of urea groups is 1. The fourth-order valence-electron chi connectivity index (χ4n) is 2.74. The van der Waals surface area contributed by atoms with E-state index in [0.29, 0.717) is 0 Å². The molecular formula is C17H23N5O2. The highest BCUT2D eigenvalue weighted by atomic mass is 16.2. The predicted octanol–water partition coefficient (Wildman–Crippen LogP) is 1.70. The molecule has 1 fully saturated rings. The molecule has 128 valence electrons. The third-order valence-electron chi connectivity index (χ3n) is 4.09. The quantitative estimate of drug-likeness (QED) is 0.753. The van der Waals surface area contributed by atoms with Crippen molar-refractivity contribution in [2.45, 2.75) is 45.3 Å². The number of aryl methyl sites for hydroxylation is 1. The number of benzene rings is 1. The van der Waals surface area contributed by atoms with Gasteiger partial charge in [-0.05, 0) is 38.8 Å². The molecule has 24 heavy (non-hydrogen) atoms. The molecule has 1 aliphatic rings. The lowest BCUT2D eigenvalue weighted by Crippen LogP contribution is -2.43. The number of carbonyl (C=O) groups excluding carboxylic acids is 2. The number of fused-ring (bicyclic) bond motifs is 1. The van der Waals surface area contributed by atoms with E-state index in [-0.39, 0.29) is 30.6 Å². The minimum Gasteiger partial charge on any atom is -0.345 e. The molecule has 1 aliphatic carbocycles. The third kappa shape index (κ3) is 3.67. The first-order chi connectivity index (χ1) is 11.6. The van der Waals surface area contributed by atoms with Gasteiger partial charge in [0.15, 0.2) is 0 Å². The summed E-state index contributed by atoms with van der Waals surface area (Å²) >= 11 is 0. The van der Waals surface area contributed by atoms with Gasteiger partial charge in [-0.3, -0.25) is 4.79 Å². The number of rotatable bonds is 6. The summed E-state index contributed by atoms with van der Waals surface area (Å²) in [5.41, 5.74) is 1.97. The van der Waals surface area contributed by atoms with E-state index >= 15 is 0 Å². The Hall–Kier alpha value is -2.57. The molecule has 3 rings (SSSR count). The van der Waals surface area contributed by atoms with E-state index < -0.39 is 0 Å². The number of amides is 3. The fraction of sp³-hybridized carbons (Fsp3) is 0.471. The molecule has 1 heterocycles. The van der Waals surface area contributed by atoms with E-state index in [2.05, 4.69) is 32.4 Å². The van der Waals surface area contributed by atoms with Crippen LogP contribution in [0.3, 0.4) is 0 Å². The molecule has 0 unspecified atom stereocenters. The number of hydrogen-bond acceptors (Lipinski definition) is 3. The largest absolute Gasteiger partial charge is 0.345 e. The summed E-state index contributed by atoms with van der Waals surface area (Å²) in [5, 5.41) is 8.25. The van der Waals surface area contributed by atoms with E-state index in [1.165, 1.54) is 0 Å². The van der Waals surface area contributed by atoms with Gasteiger partial charge in [0.25, 0.3) is 0 Å². The Labute approximate surface area is 140 Å². The van der Waals surface area contributed by atoms with Crippen LogP contribution < -0.4 is 16.0 Å². The number of nitrogens with one attached hydrogen (secondary N) is 3. The van der Waals surface area contributed by atoms with Crippen LogP contribution in [0.4, 0.5) is 4.79 Å². The van der Waals surface area contributed by atoms with E-state index in [1.54, 1.807) is 0 Å². The highest BCUT2D eigenvalue weighted by molar-refractivity contribution is 5.84.